The zero-order chi connectivity index (χ0) is 41.0. The SMILES string of the molecule is N#Cc1ccc(C#N)c(N)c1.N#Cc1ccc(Cl)cc1N.N#Cc1ccc(N)c(C#N)c1.N#Cc1ccc(N)cc1Cl.Nc1ccc(Cl)cc1C(F)(F)F. The molecule has 0 amide bonds. The lowest BCUT2D eigenvalue weighted by atomic mass is 10.1. The average Bonchev–Trinajstić information content (AvgIpc) is 3.13. The smallest absolute Gasteiger partial charge is 0.399 e. The van der Waals surface area contributed by atoms with Gasteiger partial charge < -0.3 is 28.7 Å². The molecule has 5 aromatic rings. The molecule has 0 saturated carbocycles. The van der Waals surface area contributed by atoms with Gasteiger partial charge in [-0.15, -0.1) is 0 Å². The molecule has 17 heteroatoms. The summed E-state index contributed by atoms with van der Waals surface area (Å²) in [6, 6.07) is 33.5. The molecule has 0 radical (unpaired) electrons. The summed E-state index contributed by atoms with van der Waals surface area (Å²) in [5, 5.41) is 51.7. The van der Waals surface area contributed by atoms with E-state index < -0.39 is 11.7 Å². The van der Waals surface area contributed by atoms with E-state index in [0.29, 0.717) is 66.2 Å². The second-order valence-electron chi connectivity index (χ2n) is 9.98. The monoisotopic (exact) mass is 785 g/mol. The first-order chi connectivity index (χ1) is 25.4. The number of halogens is 6. The van der Waals surface area contributed by atoms with Crippen LogP contribution in [0.3, 0.4) is 0 Å². The van der Waals surface area contributed by atoms with Gasteiger partial charge in [0.1, 0.15) is 24.3 Å². The highest BCUT2D eigenvalue weighted by Crippen LogP contribution is 2.34. The van der Waals surface area contributed by atoms with E-state index in [1.807, 2.05) is 36.4 Å². The minimum atomic E-state index is -4.44. The second-order valence-corrected chi connectivity index (χ2v) is 11.3. The van der Waals surface area contributed by atoms with Crippen molar-refractivity contribution in [3.63, 3.8) is 0 Å². The highest BCUT2D eigenvalue weighted by atomic mass is 35.5. The van der Waals surface area contributed by atoms with Crippen LogP contribution in [-0.4, -0.2) is 0 Å². The maximum absolute atomic E-state index is 12.1. The maximum atomic E-state index is 12.1. The summed E-state index contributed by atoms with van der Waals surface area (Å²) < 4.78 is 36.3. The Morgan fingerprint density at radius 1 is 0.426 bits per heavy atom. The molecule has 5 rings (SSSR count). The van der Waals surface area contributed by atoms with Gasteiger partial charge in [0.25, 0.3) is 0 Å². The van der Waals surface area contributed by atoms with Crippen molar-refractivity contribution in [2.45, 2.75) is 6.18 Å². The molecule has 0 aliphatic rings. The van der Waals surface area contributed by atoms with Crippen LogP contribution in [0.5, 0.6) is 0 Å². The number of nitriles is 6. The summed E-state index contributed by atoms with van der Waals surface area (Å²) in [5.74, 6) is 0. The molecule has 0 heterocycles. The van der Waals surface area contributed by atoms with E-state index in [1.54, 1.807) is 54.6 Å². The Bertz CT molecular complexity index is 2300. The van der Waals surface area contributed by atoms with E-state index in [9.17, 15) is 13.2 Å². The van der Waals surface area contributed by atoms with Gasteiger partial charge in [0.05, 0.1) is 67.5 Å². The van der Waals surface area contributed by atoms with Gasteiger partial charge in [-0.2, -0.15) is 44.7 Å². The van der Waals surface area contributed by atoms with Crippen LogP contribution < -0.4 is 28.7 Å². The second kappa shape index (κ2) is 21.8. The van der Waals surface area contributed by atoms with Gasteiger partial charge in [-0.05, 0) is 91.0 Å². The summed E-state index contributed by atoms with van der Waals surface area (Å²) in [4.78, 5) is 0. The van der Waals surface area contributed by atoms with E-state index in [-0.39, 0.29) is 10.7 Å². The van der Waals surface area contributed by atoms with Gasteiger partial charge in [0.2, 0.25) is 0 Å². The summed E-state index contributed by atoms with van der Waals surface area (Å²) >= 11 is 16.6. The molecule has 54 heavy (non-hydrogen) atoms. The molecule has 0 fully saturated rings. The van der Waals surface area contributed by atoms with E-state index in [1.165, 1.54) is 24.3 Å². The van der Waals surface area contributed by atoms with Crippen molar-refractivity contribution in [3.8, 4) is 36.4 Å². The molecule has 0 aromatic heterocycles. The Morgan fingerprint density at radius 3 is 1.33 bits per heavy atom. The lowest BCUT2D eigenvalue weighted by Crippen LogP contribution is -2.08. The molecule has 10 N–H and O–H groups in total. The third-order valence-electron chi connectivity index (χ3n) is 6.17. The third kappa shape index (κ3) is 14.9. The number of benzene rings is 5. The highest BCUT2D eigenvalue weighted by molar-refractivity contribution is 6.32. The zero-order valence-corrected chi connectivity index (χ0v) is 29.8. The van der Waals surface area contributed by atoms with Gasteiger partial charge in [0, 0.05) is 27.1 Å². The standard InChI is InChI=1S/2C8H5N3.C7H5ClF3N.2C7H5ClN2/c9-4-6-1-2-8(11)7(3-6)5-10;9-4-6-1-2-7(5-10)8(11)3-6;8-4-1-2-6(12)5(3-4)7(9,10)11;8-7-3-6(10)2-1-5(7)4-9;8-6-2-1-5(4-9)7(10)3-6/h2*1-3H,11H2;1-3H,12H2;2*1-3H,10H2. The largest absolute Gasteiger partial charge is 0.418 e. The van der Waals surface area contributed by atoms with Crippen LogP contribution in [0.25, 0.3) is 0 Å². The number of hydrogen-bond donors (Lipinski definition) is 5. The number of nitrogens with zero attached hydrogens (tertiary/aromatic N) is 6. The summed E-state index contributed by atoms with van der Waals surface area (Å²) in [6.07, 6.45) is -4.44. The van der Waals surface area contributed by atoms with Crippen molar-refractivity contribution in [2.24, 2.45) is 0 Å². The lowest BCUT2D eigenvalue weighted by molar-refractivity contribution is -0.136. The van der Waals surface area contributed by atoms with Gasteiger partial charge in [-0.3, -0.25) is 0 Å². The van der Waals surface area contributed by atoms with Crippen LogP contribution in [0.15, 0.2) is 91.0 Å². The Morgan fingerprint density at radius 2 is 0.870 bits per heavy atom. The minimum Gasteiger partial charge on any atom is -0.399 e. The van der Waals surface area contributed by atoms with Crippen molar-refractivity contribution < 1.29 is 13.2 Å². The van der Waals surface area contributed by atoms with Crippen molar-refractivity contribution in [1.82, 2.24) is 0 Å². The van der Waals surface area contributed by atoms with E-state index in [2.05, 4.69) is 0 Å². The van der Waals surface area contributed by atoms with Crippen LogP contribution >= 0.6 is 34.8 Å². The first-order valence-electron chi connectivity index (χ1n) is 14.4. The highest BCUT2D eigenvalue weighted by Gasteiger charge is 2.32. The normalized spacial score (nSPS) is 9.19. The molecule has 0 aliphatic carbocycles. The van der Waals surface area contributed by atoms with Gasteiger partial charge in [0.15, 0.2) is 0 Å². The molecule has 270 valence electrons. The van der Waals surface area contributed by atoms with Crippen LogP contribution in [0.2, 0.25) is 15.1 Å². The summed E-state index contributed by atoms with van der Waals surface area (Å²) in [6.45, 7) is 0. The van der Waals surface area contributed by atoms with Crippen molar-refractivity contribution >= 4 is 63.2 Å². The van der Waals surface area contributed by atoms with E-state index >= 15 is 0 Å². The number of rotatable bonds is 0. The Labute approximate surface area is 323 Å². The van der Waals surface area contributed by atoms with E-state index in [4.69, 9.17) is 95.0 Å². The number of anilines is 5. The minimum absolute atomic E-state index is 0.0246. The van der Waals surface area contributed by atoms with E-state index in [0.717, 1.165) is 12.1 Å². The van der Waals surface area contributed by atoms with Crippen LogP contribution in [0, 0.1) is 68.0 Å². The van der Waals surface area contributed by atoms with Gasteiger partial charge in [-0.1, -0.05) is 34.8 Å². The first-order valence-corrected chi connectivity index (χ1v) is 15.5. The Hall–Kier alpha value is -7.30. The molecular formula is C37H25Cl3F3N11. The molecule has 5 aromatic carbocycles. The van der Waals surface area contributed by atoms with Crippen molar-refractivity contribution in [3.05, 3.63) is 145 Å². The third-order valence-corrected chi connectivity index (χ3v) is 6.96. The fourth-order valence-corrected chi connectivity index (χ4v) is 4.07. The van der Waals surface area contributed by atoms with Crippen molar-refractivity contribution in [1.29, 1.82) is 31.6 Å². The topological polar surface area (TPSA) is 273 Å². The molecule has 0 saturated heterocycles. The number of hydrogen-bond acceptors (Lipinski definition) is 11. The molecule has 0 spiro atoms. The molecule has 11 nitrogen and oxygen atoms in total. The lowest BCUT2D eigenvalue weighted by Gasteiger charge is -2.09. The fraction of sp³-hybridized carbons (Fsp3) is 0.0270. The predicted molar refractivity (Wildman–Crippen MR) is 203 cm³/mol. The fourth-order valence-electron chi connectivity index (χ4n) is 3.49. The molecule has 0 aliphatic heterocycles. The number of nitrogens with two attached hydrogens (primary N) is 5. The Kier molecular flexibility index (Phi) is 18.1. The number of alkyl halides is 3. The maximum Gasteiger partial charge on any atom is 0.418 e. The molecular weight excluding hydrogens is 762 g/mol. The Balaban J connectivity index is 0.000000338. The zero-order valence-electron chi connectivity index (χ0n) is 27.5. The van der Waals surface area contributed by atoms with Gasteiger partial charge in [-0.25, -0.2) is 0 Å². The first kappa shape index (κ1) is 44.7. The number of nitrogen functional groups attached to an aromatic ring is 5. The van der Waals surface area contributed by atoms with Crippen LogP contribution in [0.4, 0.5) is 41.6 Å². The summed E-state index contributed by atoms with van der Waals surface area (Å²) in [5.41, 5.74) is 29.9. The average molecular weight is 787 g/mol. The van der Waals surface area contributed by atoms with Crippen molar-refractivity contribution in [2.75, 3.05) is 28.7 Å². The molecule has 0 unspecified atom stereocenters. The molecule has 0 atom stereocenters. The summed E-state index contributed by atoms with van der Waals surface area (Å²) in [7, 11) is 0. The molecule has 0 bridgehead atoms. The van der Waals surface area contributed by atoms with Gasteiger partial charge >= 0.3 is 6.18 Å². The predicted octanol–water partition coefficient (Wildman–Crippen LogP) is 8.55. The van der Waals surface area contributed by atoms with Crippen LogP contribution in [-0.2, 0) is 6.18 Å². The van der Waals surface area contributed by atoms with Crippen LogP contribution in [0.1, 0.15) is 38.9 Å². The quantitative estimate of drug-likeness (QED) is 0.0927.